The number of fused-ring (bicyclic) bond motifs is 2. The van der Waals surface area contributed by atoms with Crippen molar-refractivity contribution in [2.75, 3.05) is 6.61 Å². The Bertz CT molecular complexity index is 1350. The number of rotatable bonds is 7. The first-order chi connectivity index (χ1) is 15.7. The molecule has 0 saturated carbocycles. The number of ether oxygens (including phenoxy) is 2. The minimum Gasteiger partial charge on any atom is -0.485 e. The smallest absolute Gasteiger partial charge is 0.275 e. The Kier molecular flexibility index (Phi) is 5.66. The van der Waals surface area contributed by atoms with E-state index in [2.05, 4.69) is 26.9 Å². The summed E-state index contributed by atoms with van der Waals surface area (Å²) >= 11 is 2.89. The molecule has 1 aromatic carbocycles. The van der Waals surface area contributed by atoms with E-state index in [0.717, 1.165) is 17.2 Å². The van der Waals surface area contributed by atoms with Gasteiger partial charge in [0.2, 0.25) is 4.96 Å². The van der Waals surface area contributed by atoms with Crippen LogP contribution in [0.4, 0.5) is 0 Å². The van der Waals surface area contributed by atoms with E-state index in [9.17, 15) is 4.79 Å². The van der Waals surface area contributed by atoms with E-state index in [-0.39, 0.29) is 11.7 Å². The average Bonchev–Trinajstić information content (AvgIpc) is 3.42. The Hall–Kier alpha value is -3.18. The molecule has 164 valence electrons. The molecule has 9 nitrogen and oxygen atoms in total. The van der Waals surface area contributed by atoms with Crippen LogP contribution >= 0.6 is 23.1 Å². The van der Waals surface area contributed by atoms with Crippen molar-refractivity contribution >= 4 is 28.1 Å². The lowest BCUT2D eigenvalue weighted by Crippen LogP contribution is -2.25. The minimum absolute atomic E-state index is 0.179. The molecule has 0 bridgehead atoms. The van der Waals surface area contributed by atoms with E-state index in [1.807, 2.05) is 35.8 Å². The van der Waals surface area contributed by atoms with Gasteiger partial charge in [-0.05, 0) is 18.6 Å². The van der Waals surface area contributed by atoms with Gasteiger partial charge in [-0.2, -0.15) is 9.61 Å². The number of hydrogen-bond donors (Lipinski definition) is 0. The van der Waals surface area contributed by atoms with E-state index in [4.69, 9.17) is 9.47 Å². The fourth-order valence-electron chi connectivity index (χ4n) is 3.34. The first-order valence-corrected chi connectivity index (χ1v) is 11.9. The first kappa shape index (κ1) is 20.7. The number of aromatic nitrogens is 6. The summed E-state index contributed by atoms with van der Waals surface area (Å²) in [5.74, 6) is 2.54. The monoisotopic (exact) mass is 468 g/mol. The lowest BCUT2D eigenvalue weighted by atomic mass is 10.2. The predicted octanol–water partition coefficient (Wildman–Crippen LogP) is 3.30. The number of hydrogen-bond acceptors (Lipinski definition) is 9. The van der Waals surface area contributed by atoms with Crippen LogP contribution in [0.15, 0.2) is 52.9 Å². The highest BCUT2D eigenvalue weighted by Crippen LogP contribution is 2.36. The maximum atomic E-state index is 12.4. The highest BCUT2D eigenvalue weighted by molar-refractivity contribution is 7.98. The molecule has 5 rings (SSSR count). The largest absolute Gasteiger partial charge is 0.485 e. The summed E-state index contributed by atoms with van der Waals surface area (Å²) in [5.41, 5.74) is 0.494. The molecule has 0 N–H and O–H groups in total. The second kappa shape index (κ2) is 8.75. The number of thioether (sulfide) groups is 1. The maximum Gasteiger partial charge on any atom is 0.275 e. The molecule has 0 aliphatic carbocycles. The Morgan fingerprint density at radius 2 is 2.16 bits per heavy atom. The number of nitrogens with zero attached hydrogens (tertiary/aromatic N) is 6. The van der Waals surface area contributed by atoms with E-state index < -0.39 is 0 Å². The highest BCUT2D eigenvalue weighted by atomic mass is 32.2. The second-order valence-electron chi connectivity index (χ2n) is 7.02. The molecule has 0 saturated heterocycles. The molecule has 1 aliphatic rings. The molecular formula is C21H20N6O3S2. The number of para-hydroxylation sites is 2. The topological polar surface area (TPSA) is 96.4 Å². The fourth-order valence-corrected chi connectivity index (χ4v) is 5.05. The highest BCUT2D eigenvalue weighted by Gasteiger charge is 2.28. The Morgan fingerprint density at radius 3 is 2.97 bits per heavy atom. The van der Waals surface area contributed by atoms with E-state index in [1.54, 1.807) is 6.08 Å². The Labute approximate surface area is 191 Å². The van der Waals surface area contributed by atoms with Crippen molar-refractivity contribution in [3.63, 3.8) is 0 Å². The van der Waals surface area contributed by atoms with Gasteiger partial charge >= 0.3 is 0 Å². The quantitative estimate of drug-likeness (QED) is 0.301. The first-order valence-electron chi connectivity index (χ1n) is 10.1. The molecule has 3 aromatic heterocycles. The molecule has 0 fully saturated rings. The summed E-state index contributed by atoms with van der Waals surface area (Å²) < 4.78 is 15.2. The van der Waals surface area contributed by atoms with Gasteiger partial charge < -0.3 is 9.47 Å². The van der Waals surface area contributed by atoms with Crippen LogP contribution in [0.1, 0.15) is 29.6 Å². The molecule has 11 heteroatoms. The van der Waals surface area contributed by atoms with Crippen molar-refractivity contribution in [2.24, 2.45) is 0 Å². The standard InChI is InChI=1S/C21H20N6O3S2/c1-3-9-26-19(16-11-29-14-7-5-6-8-15(14)30-16)23-24-21(26)31-12-13-10-18(28)27-20(22-13)32-17(4-2)25-27/h3,5-8,10,16H,1,4,9,11-12H2,2H3. The zero-order valence-electron chi connectivity index (χ0n) is 17.3. The SMILES string of the molecule is C=CCn1c(SCc2cc(=O)n3nc(CC)sc3n2)nnc1C1COc2ccccc2O1. The summed E-state index contributed by atoms with van der Waals surface area (Å²) in [6, 6.07) is 9.07. The Morgan fingerprint density at radius 1 is 1.31 bits per heavy atom. The lowest BCUT2D eigenvalue weighted by Gasteiger charge is -2.26. The average molecular weight is 469 g/mol. The van der Waals surface area contributed by atoms with Gasteiger partial charge in [-0.25, -0.2) is 4.98 Å². The molecule has 1 aliphatic heterocycles. The van der Waals surface area contributed by atoms with Crippen molar-refractivity contribution < 1.29 is 9.47 Å². The number of aryl methyl sites for hydroxylation is 1. The van der Waals surface area contributed by atoms with Gasteiger partial charge in [0.15, 0.2) is 28.6 Å². The van der Waals surface area contributed by atoms with Crippen molar-refractivity contribution in [2.45, 2.75) is 36.9 Å². The van der Waals surface area contributed by atoms with Gasteiger partial charge in [0.25, 0.3) is 5.56 Å². The zero-order valence-corrected chi connectivity index (χ0v) is 18.9. The minimum atomic E-state index is -0.379. The van der Waals surface area contributed by atoms with Crippen LogP contribution in [-0.2, 0) is 18.7 Å². The third-order valence-electron chi connectivity index (χ3n) is 4.85. The van der Waals surface area contributed by atoms with Crippen molar-refractivity contribution in [1.82, 2.24) is 29.4 Å². The van der Waals surface area contributed by atoms with Crippen LogP contribution in [0, 0.1) is 0 Å². The van der Waals surface area contributed by atoms with Crippen molar-refractivity contribution in [3.8, 4) is 11.5 Å². The maximum absolute atomic E-state index is 12.4. The molecule has 32 heavy (non-hydrogen) atoms. The van der Waals surface area contributed by atoms with Gasteiger partial charge in [0, 0.05) is 18.4 Å². The predicted molar refractivity (Wildman–Crippen MR) is 122 cm³/mol. The van der Waals surface area contributed by atoms with E-state index >= 15 is 0 Å². The molecule has 0 spiro atoms. The van der Waals surface area contributed by atoms with Gasteiger partial charge in [0.05, 0.1) is 5.69 Å². The lowest BCUT2D eigenvalue weighted by molar-refractivity contribution is 0.0821. The molecule has 4 aromatic rings. The molecule has 4 heterocycles. The van der Waals surface area contributed by atoms with Crippen LogP contribution in [0.3, 0.4) is 0 Å². The third-order valence-corrected chi connectivity index (χ3v) is 6.90. The molecule has 1 unspecified atom stereocenters. The number of benzene rings is 1. The fraction of sp³-hybridized carbons (Fsp3) is 0.286. The van der Waals surface area contributed by atoms with Gasteiger partial charge in [0.1, 0.15) is 11.6 Å². The van der Waals surface area contributed by atoms with Crippen molar-refractivity contribution in [3.05, 3.63) is 69.9 Å². The second-order valence-corrected chi connectivity index (χ2v) is 9.01. The van der Waals surface area contributed by atoms with Gasteiger partial charge in [-0.1, -0.05) is 48.2 Å². The van der Waals surface area contributed by atoms with Crippen LogP contribution in [0.2, 0.25) is 0 Å². The summed E-state index contributed by atoms with van der Waals surface area (Å²) in [7, 11) is 0. The molecular weight excluding hydrogens is 448 g/mol. The molecule has 1 atom stereocenters. The van der Waals surface area contributed by atoms with Crippen molar-refractivity contribution in [1.29, 1.82) is 0 Å². The normalized spacial score (nSPS) is 15.2. The molecule has 0 radical (unpaired) electrons. The summed E-state index contributed by atoms with van der Waals surface area (Å²) in [4.78, 5) is 17.6. The van der Waals surface area contributed by atoms with Crippen LogP contribution in [0.5, 0.6) is 11.5 Å². The van der Waals surface area contributed by atoms with Crippen LogP contribution < -0.4 is 15.0 Å². The van der Waals surface area contributed by atoms with E-state index in [0.29, 0.717) is 46.3 Å². The van der Waals surface area contributed by atoms with E-state index in [1.165, 1.54) is 33.7 Å². The zero-order chi connectivity index (χ0) is 22.1. The summed E-state index contributed by atoms with van der Waals surface area (Å²) in [6.45, 7) is 6.72. The Balaban J connectivity index is 1.38. The van der Waals surface area contributed by atoms with Crippen LogP contribution in [0.25, 0.3) is 4.96 Å². The summed E-state index contributed by atoms with van der Waals surface area (Å²) in [6.07, 6.45) is 2.17. The van der Waals surface area contributed by atoms with Gasteiger partial charge in [-0.3, -0.25) is 9.36 Å². The van der Waals surface area contributed by atoms with Gasteiger partial charge in [-0.15, -0.1) is 16.8 Å². The van der Waals surface area contributed by atoms with Crippen LogP contribution in [-0.4, -0.2) is 36.0 Å². The number of allylic oxidation sites excluding steroid dienone is 1. The molecule has 0 amide bonds. The third kappa shape index (κ3) is 3.89. The summed E-state index contributed by atoms with van der Waals surface area (Å²) in [5, 5.41) is 14.6.